The van der Waals surface area contributed by atoms with Crippen LogP contribution in [0.1, 0.15) is 26.2 Å². The molecule has 84 valence electrons. The fraction of sp³-hybridized carbons (Fsp3) is 0.600. The van der Waals surface area contributed by atoms with E-state index in [0.29, 0.717) is 16.7 Å². The van der Waals surface area contributed by atoms with E-state index in [0.717, 1.165) is 13.0 Å². The van der Waals surface area contributed by atoms with Gasteiger partial charge >= 0.3 is 0 Å². The summed E-state index contributed by atoms with van der Waals surface area (Å²) in [6.07, 6.45) is 4.94. The summed E-state index contributed by atoms with van der Waals surface area (Å²) in [7, 11) is 1.56. The molecule has 0 bridgehead atoms. The van der Waals surface area contributed by atoms with Crippen molar-refractivity contribution in [2.24, 2.45) is 0 Å². The lowest BCUT2D eigenvalue weighted by Crippen LogP contribution is -2.05. The minimum absolute atomic E-state index is 0.338. The van der Waals surface area contributed by atoms with Crippen LogP contribution in [0.5, 0.6) is 5.75 Å². The van der Waals surface area contributed by atoms with Crippen LogP contribution < -0.4 is 10.1 Å². The largest absolute Gasteiger partial charge is 0.490 e. The highest BCUT2D eigenvalue weighted by molar-refractivity contribution is 6.31. The van der Waals surface area contributed by atoms with Gasteiger partial charge in [0.05, 0.1) is 7.11 Å². The highest BCUT2D eigenvalue weighted by Crippen LogP contribution is 2.28. The molecule has 0 unspecified atom stereocenters. The second kappa shape index (κ2) is 6.45. The first-order valence-electron chi connectivity index (χ1n) is 5.08. The molecule has 0 aliphatic heterocycles. The van der Waals surface area contributed by atoms with Gasteiger partial charge in [-0.05, 0) is 6.42 Å². The third-order valence-corrected chi connectivity index (χ3v) is 2.31. The number of methoxy groups -OCH3 is 1. The van der Waals surface area contributed by atoms with Crippen LogP contribution in [-0.2, 0) is 0 Å². The van der Waals surface area contributed by atoms with Crippen LogP contribution in [0.4, 0.5) is 5.82 Å². The van der Waals surface area contributed by atoms with Gasteiger partial charge in [-0.2, -0.15) is 0 Å². The standard InChI is InChI=1S/C10H16ClN3O/c1-3-4-5-6-12-10-8(15-2)9(11)13-7-14-10/h7H,3-6H2,1-2H3,(H,12,13,14). The Labute approximate surface area is 95.0 Å². The molecule has 1 aromatic heterocycles. The quantitative estimate of drug-likeness (QED) is 0.602. The maximum Gasteiger partial charge on any atom is 0.198 e. The molecular weight excluding hydrogens is 214 g/mol. The number of nitrogens with one attached hydrogen (secondary N) is 1. The van der Waals surface area contributed by atoms with Crippen molar-refractivity contribution in [3.63, 3.8) is 0 Å². The molecule has 0 radical (unpaired) electrons. The highest BCUT2D eigenvalue weighted by atomic mass is 35.5. The number of hydrogen-bond donors (Lipinski definition) is 1. The number of ether oxygens (including phenoxy) is 1. The Hall–Kier alpha value is -1.03. The van der Waals surface area contributed by atoms with Crippen LogP contribution in [0, 0.1) is 0 Å². The first kappa shape index (κ1) is 12.0. The number of unbranched alkanes of at least 4 members (excludes halogenated alkanes) is 2. The molecular formula is C10H16ClN3O. The van der Waals surface area contributed by atoms with E-state index in [4.69, 9.17) is 16.3 Å². The van der Waals surface area contributed by atoms with Crippen molar-refractivity contribution in [2.75, 3.05) is 19.0 Å². The van der Waals surface area contributed by atoms with Crippen LogP contribution in [0.3, 0.4) is 0 Å². The number of hydrogen-bond acceptors (Lipinski definition) is 4. The van der Waals surface area contributed by atoms with Gasteiger partial charge in [0.25, 0.3) is 0 Å². The summed E-state index contributed by atoms with van der Waals surface area (Å²) in [5.74, 6) is 1.17. The number of anilines is 1. The molecule has 0 atom stereocenters. The molecule has 1 rings (SSSR count). The Morgan fingerprint density at radius 2 is 2.20 bits per heavy atom. The van der Waals surface area contributed by atoms with E-state index in [2.05, 4.69) is 22.2 Å². The first-order valence-corrected chi connectivity index (χ1v) is 5.45. The van der Waals surface area contributed by atoms with Crippen LogP contribution >= 0.6 is 11.6 Å². The summed E-state index contributed by atoms with van der Waals surface area (Å²) in [5.41, 5.74) is 0. The molecule has 1 aromatic rings. The molecule has 0 amide bonds. The third kappa shape index (κ3) is 3.55. The lowest BCUT2D eigenvalue weighted by atomic mass is 10.2. The van der Waals surface area contributed by atoms with Crippen molar-refractivity contribution in [1.82, 2.24) is 9.97 Å². The molecule has 1 N–H and O–H groups in total. The number of rotatable bonds is 6. The van der Waals surface area contributed by atoms with E-state index in [1.165, 1.54) is 19.2 Å². The Morgan fingerprint density at radius 1 is 1.40 bits per heavy atom. The van der Waals surface area contributed by atoms with E-state index in [9.17, 15) is 0 Å². The molecule has 4 nitrogen and oxygen atoms in total. The minimum Gasteiger partial charge on any atom is -0.490 e. The molecule has 1 heterocycles. The Morgan fingerprint density at radius 3 is 2.87 bits per heavy atom. The average Bonchev–Trinajstić information content (AvgIpc) is 2.24. The lowest BCUT2D eigenvalue weighted by Gasteiger charge is -2.09. The van der Waals surface area contributed by atoms with Crippen LogP contribution in [0.25, 0.3) is 0 Å². The van der Waals surface area contributed by atoms with Crippen LogP contribution in [0.2, 0.25) is 5.15 Å². The zero-order valence-electron chi connectivity index (χ0n) is 9.09. The average molecular weight is 230 g/mol. The Kier molecular flexibility index (Phi) is 5.18. The zero-order valence-corrected chi connectivity index (χ0v) is 9.84. The van der Waals surface area contributed by atoms with E-state index in [-0.39, 0.29) is 0 Å². The highest BCUT2D eigenvalue weighted by Gasteiger charge is 2.08. The van der Waals surface area contributed by atoms with Crippen molar-refractivity contribution < 1.29 is 4.74 Å². The lowest BCUT2D eigenvalue weighted by molar-refractivity contribution is 0.413. The second-order valence-electron chi connectivity index (χ2n) is 3.18. The fourth-order valence-corrected chi connectivity index (χ4v) is 1.45. The number of halogens is 1. The summed E-state index contributed by atoms with van der Waals surface area (Å²) >= 11 is 5.85. The summed E-state index contributed by atoms with van der Waals surface area (Å²) in [6.45, 7) is 3.04. The van der Waals surface area contributed by atoms with Crippen molar-refractivity contribution >= 4 is 17.4 Å². The van der Waals surface area contributed by atoms with Crippen molar-refractivity contribution in [3.8, 4) is 5.75 Å². The molecule has 0 fully saturated rings. The van der Waals surface area contributed by atoms with E-state index in [1.54, 1.807) is 7.11 Å². The molecule has 5 heteroatoms. The van der Waals surface area contributed by atoms with Gasteiger partial charge in [0, 0.05) is 6.54 Å². The predicted molar refractivity (Wildman–Crippen MR) is 61.6 cm³/mol. The fourth-order valence-electron chi connectivity index (χ4n) is 1.24. The molecule has 0 aliphatic rings. The topological polar surface area (TPSA) is 47.0 Å². The summed E-state index contributed by atoms with van der Waals surface area (Å²) < 4.78 is 5.11. The third-order valence-electron chi connectivity index (χ3n) is 2.04. The molecule has 15 heavy (non-hydrogen) atoms. The van der Waals surface area contributed by atoms with Crippen LogP contribution in [0.15, 0.2) is 6.33 Å². The first-order chi connectivity index (χ1) is 7.29. The number of aromatic nitrogens is 2. The van der Waals surface area contributed by atoms with Gasteiger partial charge in [-0.15, -0.1) is 0 Å². The SMILES string of the molecule is CCCCCNc1ncnc(Cl)c1OC. The molecule has 0 spiro atoms. The number of nitrogens with zero attached hydrogens (tertiary/aromatic N) is 2. The second-order valence-corrected chi connectivity index (χ2v) is 3.54. The minimum atomic E-state index is 0.338. The smallest absolute Gasteiger partial charge is 0.198 e. The predicted octanol–water partition coefficient (Wildman–Crippen LogP) is 2.74. The Bertz CT molecular complexity index is 307. The maximum atomic E-state index is 5.85. The van der Waals surface area contributed by atoms with E-state index in [1.807, 2.05) is 0 Å². The zero-order chi connectivity index (χ0) is 11.1. The summed E-state index contributed by atoms with van der Waals surface area (Å²) in [6, 6.07) is 0. The van der Waals surface area contributed by atoms with Gasteiger partial charge in [-0.25, -0.2) is 9.97 Å². The van der Waals surface area contributed by atoms with Gasteiger partial charge in [0.2, 0.25) is 0 Å². The summed E-state index contributed by atoms with van der Waals surface area (Å²) in [5, 5.41) is 3.52. The van der Waals surface area contributed by atoms with Gasteiger partial charge in [0.15, 0.2) is 16.7 Å². The van der Waals surface area contributed by atoms with Crippen molar-refractivity contribution in [1.29, 1.82) is 0 Å². The van der Waals surface area contributed by atoms with E-state index >= 15 is 0 Å². The van der Waals surface area contributed by atoms with Crippen molar-refractivity contribution in [2.45, 2.75) is 26.2 Å². The van der Waals surface area contributed by atoms with Gasteiger partial charge in [-0.1, -0.05) is 31.4 Å². The molecule has 0 saturated carbocycles. The molecule has 0 saturated heterocycles. The van der Waals surface area contributed by atoms with Gasteiger partial charge in [0.1, 0.15) is 6.33 Å². The normalized spacial score (nSPS) is 10.1. The van der Waals surface area contributed by atoms with Crippen molar-refractivity contribution in [3.05, 3.63) is 11.5 Å². The summed E-state index contributed by atoms with van der Waals surface area (Å²) in [4.78, 5) is 7.92. The van der Waals surface area contributed by atoms with E-state index < -0.39 is 0 Å². The molecule has 0 aliphatic carbocycles. The molecule has 0 aromatic carbocycles. The Balaban J connectivity index is 2.56. The monoisotopic (exact) mass is 229 g/mol. The van der Waals surface area contributed by atoms with Crippen LogP contribution in [-0.4, -0.2) is 23.6 Å². The van der Waals surface area contributed by atoms with Gasteiger partial charge < -0.3 is 10.1 Å². The maximum absolute atomic E-state index is 5.85. The van der Waals surface area contributed by atoms with Gasteiger partial charge in [-0.3, -0.25) is 0 Å².